The first-order valence-electron chi connectivity index (χ1n) is 7.07. The molecule has 0 spiro atoms. The minimum absolute atomic E-state index is 0.0260. The van der Waals surface area contributed by atoms with Crippen LogP contribution < -0.4 is 5.32 Å². The maximum Gasteiger partial charge on any atom is 0.161 e. The quantitative estimate of drug-likeness (QED) is 0.803. The molecule has 4 heteroatoms. The van der Waals surface area contributed by atoms with Crippen LogP contribution in [0.15, 0.2) is 30.3 Å². The van der Waals surface area contributed by atoms with Gasteiger partial charge in [0.05, 0.1) is 5.69 Å². The number of benzene rings is 2. The third-order valence-corrected chi connectivity index (χ3v) is 4.00. The van der Waals surface area contributed by atoms with Crippen LogP contribution in [0.5, 0.6) is 0 Å². The highest BCUT2D eigenvalue weighted by Gasteiger charge is 2.15. The van der Waals surface area contributed by atoms with Gasteiger partial charge in [0.1, 0.15) is 5.82 Å². The SMILES string of the molecule is CC(Nc1cc(F)c(F)cc1F)c1ccc2c(c1)CCC2. The van der Waals surface area contributed by atoms with Gasteiger partial charge >= 0.3 is 0 Å². The first kappa shape index (κ1) is 14.0. The Bertz CT molecular complexity index is 682. The van der Waals surface area contributed by atoms with Gasteiger partial charge in [-0.1, -0.05) is 18.2 Å². The van der Waals surface area contributed by atoms with E-state index in [1.54, 1.807) is 0 Å². The highest BCUT2D eigenvalue weighted by molar-refractivity contribution is 5.48. The molecule has 0 saturated carbocycles. The topological polar surface area (TPSA) is 12.0 Å². The smallest absolute Gasteiger partial charge is 0.161 e. The summed E-state index contributed by atoms with van der Waals surface area (Å²) in [6.07, 6.45) is 3.34. The molecule has 0 heterocycles. The summed E-state index contributed by atoms with van der Waals surface area (Å²) in [5.41, 5.74) is 3.68. The number of aryl methyl sites for hydroxylation is 2. The molecular weight excluding hydrogens is 275 g/mol. The second kappa shape index (κ2) is 5.43. The van der Waals surface area contributed by atoms with E-state index in [0.29, 0.717) is 6.07 Å². The standard InChI is InChI=1S/C17H16F3N/c1-10(12-6-5-11-3-2-4-13(11)7-12)21-17-9-15(19)14(18)8-16(17)20/h5-10,21H,2-4H2,1H3. The number of anilines is 1. The largest absolute Gasteiger partial charge is 0.376 e. The number of fused-ring (bicyclic) bond motifs is 1. The van der Waals surface area contributed by atoms with Crippen molar-refractivity contribution >= 4 is 5.69 Å². The van der Waals surface area contributed by atoms with E-state index < -0.39 is 17.5 Å². The molecule has 1 N–H and O–H groups in total. The van der Waals surface area contributed by atoms with E-state index in [4.69, 9.17) is 0 Å². The maximum atomic E-state index is 13.7. The first-order chi connectivity index (χ1) is 10.0. The maximum absolute atomic E-state index is 13.7. The lowest BCUT2D eigenvalue weighted by atomic mass is 10.0. The van der Waals surface area contributed by atoms with Crippen LogP contribution >= 0.6 is 0 Å². The monoisotopic (exact) mass is 291 g/mol. The van der Waals surface area contributed by atoms with Gasteiger partial charge in [-0.3, -0.25) is 0 Å². The fraction of sp³-hybridized carbons (Fsp3) is 0.294. The van der Waals surface area contributed by atoms with Crippen molar-refractivity contribution in [1.29, 1.82) is 0 Å². The van der Waals surface area contributed by atoms with Crippen LogP contribution in [0.3, 0.4) is 0 Å². The number of hydrogen-bond acceptors (Lipinski definition) is 1. The van der Waals surface area contributed by atoms with Gasteiger partial charge in [-0.2, -0.15) is 0 Å². The molecule has 2 aromatic carbocycles. The van der Waals surface area contributed by atoms with Gasteiger partial charge in [-0.15, -0.1) is 0 Å². The van der Waals surface area contributed by atoms with Crippen molar-refractivity contribution < 1.29 is 13.2 Å². The van der Waals surface area contributed by atoms with Gasteiger partial charge in [-0.05, 0) is 42.9 Å². The van der Waals surface area contributed by atoms with E-state index in [2.05, 4.69) is 17.4 Å². The molecule has 1 nitrogen and oxygen atoms in total. The summed E-state index contributed by atoms with van der Waals surface area (Å²) in [5.74, 6) is -3.02. The highest BCUT2D eigenvalue weighted by Crippen LogP contribution is 2.28. The third-order valence-electron chi connectivity index (χ3n) is 4.00. The molecule has 0 fully saturated rings. The molecule has 1 unspecified atom stereocenters. The Balaban J connectivity index is 1.83. The fourth-order valence-electron chi connectivity index (χ4n) is 2.81. The molecule has 3 rings (SSSR count). The van der Waals surface area contributed by atoms with Gasteiger partial charge in [0.15, 0.2) is 11.6 Å². The molecule has 0 amide bonds. The minimum Gasteiger partial charge on any atom is -0.376 e. The molecule has 0 bridgehead atoms. The molecule has 2 aromatic rings. The number of rotatable bonds is 3. The highest BCUT2D eigenvalue weighted by atomic mass is 19.2. The van der Waals surface area contributed by atoms with Crippen LogP contribution in [-0.2, 0) is 12.8 Å². The Kier molecular flexibility index (Phi) is 3.62. The molecule has 21 heavy (non-hydrogen) atoms. The summed E-state index contributed by atoms with van der Waals surface area (Å²) < 4.78 is 39.8. The Morgan fingerprint density at radius 1 is 0.905 bits per heavy atom. The summed E-state index contributed by atoms with van der Waals surface area (Å²) in [5, 5.41) is 2.90. The van der Waals surface area contributed by atoms with Crippen molar-refractivity contribution in [3.8, 4) is 0 Å². The van der Waals surface area contributed by atoms with Crippen LogP contribution in [0.1, 0.15) is 36.1 Å². The number of hydrogen-bond donors (Lipinski definition) is 1. The summed E-state index contributed by atoms with van der Waals surface area (Å²) >= 11 is 0. The van der Waals surface area contributed by atoms with Crippen LogP contribution in [0, 0.1) is 17.5 Å². The second-order valence-electron chi connectivity index (χ2n) is 5.49. The van der Waals surface area contributed by atoms with E-state index in [0.717, 1.165) is 24.5 Å². The molecule has 0 aliphatic heterocycles. The van der Waals surface area contributed by atoms with Crippen LogP contribution in [-0.4, -0.2) is 0 Å². The van der Waals surface area contributed by atoms with Gasteiger partial charge in [0.25, 0.3) is 0 Å². The molecule has 0 saturated heterocycles. The Hall–Kier alpha value is -1.97. The van der Waals surface area contributed by atoms with Crippen molar-refractivity contribution in [2.24, 2.45) is 0 Å². The molecule has 0 radical (unpaired) electrons. The van der Waals surface area contributed by atoms with Crippen molar-refractivity contribution in [3.63, 3.8) is 0 Å². The van der Waals surface area contributed by atoms with E-state index >= 15 is 0 Å². The third kappa shape index (κ3) is 2.75. The van der Waals surface area contributed by atoms with E-state index in [1.807, 2.05) is 13.0 Å². The predicted molar refractivity (Wildman–Crippen MR) is 76.8 cm³/mol. The summed E-state index contributed by atoms with van der Waals surface area (Å²) in [6.45, 7) is 1.87. The molecule has 1 aliphatic carbocycles. The zero-order chi connectivity index (χ0) is 15.0. The zero-order valence-corrected chi connectivity index (χ0v) is 11.7. The Morgan fingerprint density at radius 2 is 1.62 bits per heavy atom. The number of halogens is 3. The molecule has 1 atom stereocenters. The second-order valence-corrected chi connectivity index (χ2v) is 5.49. The lowest BCUT2D eigenvalue weighted by Crippen LogP contribution is -2.09. The van der Waals surface area contributed by atoms with Crippen LogP contribution in [0.2, 0.25) is 0 Å². The van der Waals surface area contributed by atoms with Crippen LogP contribution in [0.4, 0.5) is 18.9 Å². The van der Waals surface area contributed by atoms with E-state index in [1.165, 1.54) is 17.5 Å². The van der Waals surface area contributed by atoms with Gasteiger partial charge in [0.2, 0.25) is 0 Å². The van der Waals surface area contributed by atoms with E-state index in [9.17, 15) is 13.2 Å². The number of nitrogens with one attached hydrogen (secondary N) is 1. The lowest BCUT2D eigenvalue weighted by molar-refractivity contribution is 0.495. The molecule has 1 aliphatic rings. The average Bonchev–Trinajstić information content (AvgIpc) is 2.92. The summed E-state index contributed by atoms with van der Waals surface area (Å²) in [6, 6.07) is 7.44. The molecule has 0 aromatic heterocycles. The lowest BCUT2D eigenvalue weighted by Gasteiger charge is -2.17. The van der Waals surface area contributed by atoms with Crippen molar-refractivity contribution in [3.05, 3.63) is 64.5 Å². The van der Waals surface area contributed by atoms with Gasteiger partial charge in [-0.25, -0.2) is 13.2 Å². The fourth-order valence-corrected chi connectivity index (χ4v) is 2.81. The minimum atomic E-state index is -1.18. The molecular formula is C17H16F3N. The van der Waals surface area contributed by atoms with Crippen molar-refractivity contribution in [2.75, 3.05) is 5.32 Å². The average molecular weight is 291 g/mol. The van der Waals surface area contributed by atoms with Gasteiger partial charge < -0.3 is 5.32 Å². The van der Waals surface area contributed by atoms with Gasteiger partial charge in [0, 0.05) is 18.2 Å². The summed E-state index contributed by atoms with van der Waals surface area (Å²) in [4.78, 5) is 0. The van der Waals surface area contributed by atoms with Crippen LogP contribution in [0.25, 0.3) is 0 Å². The Labute approximate surface area is 121 Å². The normalized spacial score (nSPS) is 14.9. The molecule has 110 valence electrons. The Morgan fingerprint density at radius 3 is 2.43 bits per heavy atom. The van der Waals surface area contributed by atoms with Crippen molar-refractivity contribution in [2.45, 2.75) is 32.2 Å². The summed E-state index contributed by atoms with van der Waals surface area (Å²) in [7, 11) is 0. The first-order valence-corrected chi connectivity index (χ1v) is 7.07. The van der Waals surface area contributed by atoms with Crippen molar-refractivity contribution in [1.82, 2.24) is 0 Å². The zero-order valence-electron chi connectivity index (χ0n) is 11.7. The predicted octanol–water partition coefficient (Wildman–Crippen LogP) is 4.77. The van der Waals surface area contributed by atoms with E-state index in [-0.39, 0.29) is 11.7 Å².